The molecule has 4 heteroatoms. The highest BCUT2D eigenvalue weighted by atomic mass is 16.1. The van der Waals surface area contributed by atoms with Crippen molar-refractivity contribution in [2.75, 3.05) is 6.54 Å². The number of aromatic nitrogens is 2. The van der Waals surface area contributed by atoms with E-state index >= 15 is 0 Å². The summed E-state index contributed by atoms with van der Waals surface area (Å²) in [6, 6.07) is 6.01. The largest absolute Gasteiger partial charge is 0.314 e. The van der Waals surface area contributed by atoms with Crippen molar-refractivity contribution in [2.24, 2.45) is 0 Å². The molecule has 1 saturated heterocycles. The summed E-state index contributed by atoms with van der Waals surface area (Å²) in [7, 11) is 0. The molecule has 18 heavy (non-hydrogen) atoms. The van der Waals surface area contributed by atoms with Crippen molar-refractivity contribution in [2.45, 2.75) is 25.3 Å². The molecule has 3 heterocycles. The first-order valence-electron chi connectivity index (χ1n) is 6.31. The molecule has 4 nitrogen and oxygen atoms in total. The number of hydrogen-bond donors (Lipinski definition) is 1. The number of pyridine rings is 2. The molecule has 1 N–H and O–H groups in total. The fourth-order valence-corrected chi connectivity index (χ4v) is 2.46. The lowest BCUT2D eigenvalue weighted by Crippen LogP contribution is -2.25. The molecule has 2 aromatic heterocycles. The minimum Gasteiger partial charge on any atom is -0.314 e. The Morgan fingerprint density at radius 2 is 2.28 bits per heavy atom. The number of carbonyl (C=O) groups is 1. The van der Waals surface area contributed by atoms with Gasteiger partial charge in [-0.1, -0.05) is 6.07 Å². The van der Waals surface area contributed by atoms with Crippen LogP contribution in [-0.2, 0) is 0 Å². The molecule has 2 aromatic rings. The molecule has 0 amide bonds. The van der Waals surface area contributed by atoms with Crippen LogP contribution >= 0.6 is 0 Å². The van der Waals surface area contributed by atoms with Crippen LogP contribution in [0.1, 0.15) is 29.8 Å². The Morgan fingerprint density at radius 1 is 1.33 bits per heavy atom. The monoisotopic (exact) mass is 241 g/mol. The van der Waals surface area contributed by atoms with Crippen LogP contribution in [0.5, 0.6) is 0 Å². The summed E-state index contributed by atoms with van der Waals surface area (Å²) < 4.78 is 0. The number of hydrogen-bond acceptors (Lipinski definition) is 4. The molecule has 1 aliphatic rings. The lowest BCUT2D eigenvalue weighted by Gasteiger charge is -2.09. The zero-order chi connectivity index (χ0) is 12.4. The number of nitrogens with zero attached hydrogens (tertiary/aromatic N) is 2. The highest BCUT2D eigenvalue weighted by Crippen LogP contribution is 2.17. The summed E-state index contributed by atoms with van der Waals surface area (Å²) in [5, 5.41) is 4.30. The van der Waals surface area contributed by atoms with E-state index in [0.717, 1.165) is 24.8 Å². The van der Waals surface area contributed by atoms with E-state index in [2.05, 4.69) is 15.3 Å². The third kappa shape index (κ3) is 2.11. The maximum Gasteiger partial charge on any atom is 0.184 e. The second-order valence-corrected chi connectivity index (χ2v) is 4.66. The fourth-order valence-electron chi connectivity index (χ4n) is 2.46. The van der Waals surface area contributed by atoms with E-state index in [4.69, 9.17) is 0 Å². The number of fused-ring (bicyclic) bond motifs is 1. The molecule has 1 aliphatic heterocycles. The molecule has 3 rings (SSSR count). The van der Waals surface area contributed by atoms with Crippen LogP contribution in [0.25, 0.3) is 10.9 Å². The Morgan fingerprint density at radius 3 is 3.11 bits per heavy atom. The predicted molar refractivity (Wildman–Crippen MR) is 69.5 cm³/mol. The van der Waals surface area contributed by atoms with E-state index in [1.807, 2.05) is 18.2 Å². The molecule has 92 valence electrons. The van der Waals surface area contributed by atoms with Crippen molar-refractivity contribution in [3.8, 4) is 0 Å². The molecule has 0 aliphatic carbocycles. The van der Waals surface area contributed by atoms with Crippen molar-refractivity contribution in [1.82, 2.24) is 15.3 Å². The molecule has 1 atom stereocenters. The molecule has 0 spiro atoms. The molecule has 1 unspecified atom stereocenters. The zero-order valence-electron chi connectivity index (χ0n) is 10.1. The molecule has 0 aromatic carbocycles. The lowest BCUT2D eigenvalue weighted by molar-refractivity contribution is 0.0968. The normalized spacial score (nSPS) is 19.2. The Balaban J connectivity index is 1.91. The van der Waals surface area contributed by atoms with Crippen LogP contribution in [0.3, 0.4) is 0 Å². The van der Waals surface area contributed by atoms with Crippen LogP contribution in [0.4, 0.5) is 0 Å². The first-order chi connectivity index (χ1) is 8.84. The van der Waals surface area contributed by atoms with Crippen molar-refractivity contribution in [1.29, 1.82) is 0 Å². The molecule has 0 radical (unpaired) electrons. The highest BCUT2D eigenvalue weighted by molar-refractivity contribution is 6.04. The Bertz CT molecular complexity index is 571. The first kappa shape index (κ1) is 11.3. The molecule has 0 bridgehead atoms. The number of rotatable bonds is 3. The SMILES string of the molecule is O=C(CC1CCCN1)c1nccc2cccnc12. The van der Waals surface area contributed by atoms with Crippen LogP contribution < -0.4 is 5.32 Å². The number of ketones is 1. The zero-order valence-corrected chi connectivity index (χ0v) is 10.1. The lowest BCUT2D eigenvalue weighted by atomic mass is 10.0. The Hall–Kier alpha value is -1.81. The number of carbonyl (C=O) groups excluding carboxylic acids is 1. The standard InChI is InChI=1S/C14H15N3O/c18-12(9-11-4-2-6-15-11)14-13-10(5-8-17-14)3-1-7-16-13/h1,3,5,7-8,11,15H,2,4,6,9H2. The third-order valence-electron chi connectivity index (χ3n) is 3.38. The average Bonchev–Trinajstić information content (AvgIpc) is 2.91. The second-order valence-electron chi connectivity index (χ2n) is 4.66. The van der Waals surface area contributed by atoms with Gasteiger partial charge in [-0.2, -0.15) is 0 Å². The molecule has 0 saturated carbocycles. The quantitative estimate of drug-likeness (QED) is 0.834. The van der Waals surface area contributed by atoms with Gasteiger partial charge in [-0.3, -0.25) is 14.8 Å². The van der Waals surface area contributed by atoms with Gasteiger partial charge in [0.1, 0.15) is 5.69 Å². The van der Waals surface area contributed by atoms with E-state index in [-0.39, 0.29) is 5.78 Å². The maximum absolute atomic E-state index is 12.3. The van der Waals surface area contributed by atoms with E-state index in [1.54, 1.807) is 12.4 Å². The average molecular weight is 241 g/mol. The minimum absolute atomic E-state index is 0.0821. The van der Waals surface area contributed by atoms with Gasteiger partial charge in [-0.05, 0) is 31.5 Å². The van der Waals surface area contributed by atoms with Gasteiger partial charge >= 0.3 is 0 Å². The molecular weight excluding hydrogens is 226 g/mol. The van der Waals surface area contributed by atoms with Crippen molar-refractivity contribution < 1.29 is 4.79 Å². The summed E-state index contributed by atoms with van der Waals surface area (Å²) in [6.07, 6.45) is 6.12. The number of Topliss-reactive ketones (excluding diaryl/α,β-unsaturated/α-hetero) is 1. The van der Waals surface area contributed by atoms with Gasteiger partial charge in [-0.25, -0.2) is 0 Å². The van der Waals surface area contributed by atoms with E-state index < -0.39 is 0 Å². The second kappa shape index (κ2) is 4.82. The van der Waals surface area contributed by atoms with Gasteiger partial charge in [0, 0.05) is 30.2 Å². The summed E-state index contributed by atoms with van der Waals surface area (Å²) in [6.45, 7) is 1.01. The highest BCUT2D eigenvalue weighted by Gasteiger charge is 2.20. The van der Waals surface area contributed by atoms with E-state index in [9.17, 15) is 4.79 Å². The van der Waals surface area contributed by atoms with Crippen molar-refractivity contribution in [3.05, 3.63) is 36.3 Å². The Kier molecular flexibility index (Phi) is 3.02. The van der Waals surface area contributed by atoms with Gasteiger partial charge in [0.15, 0.2) is 5.78 Å². The Labute approximate surface area is 105 Å². The van der Waals surface area contributed by atoms with Gasteiger partial charge in [0.2, 0.25) is 0 Å². The van der Waals surface area contributed by atoms with Crippen LogP contribution in [0.15, 0.2) is 30.6 Å². The van der Waals surface area contributed by atoms with Gasteiger partial charge in [0.25, 0.3) is 0 Å². The predicted octanol–water partition coefficient (Wildman–Crippen LogP) is 1.95. The third-order valence-corrected chi connectivity index (χ3v) is 3.38. The maximum atomic E-state index is 12.3. The van der Waals surface area contributed by atoms with Crippen molar-refractivity contribution >= 4 is 16.7 Å². The summed E-state index contributed by atoms with van der Waals surface area (Å²) in [5.41, 5.74) is 1.21. The summed E-state index contributed by atoms with van der Waals surface area (Å²) >= 11 is 0. The minimum atomic E-state index is 0.0821. The van der Waals surface area contributed by atoms with Crippen molar-refractivity contribution in [3.63, 3.8) is 0 Å². The molecular formula is C14H15N3O. The van der Waals surface area contributed by atoms with Crippen LogP contribution in [0, 0.1) is 0 Å². The summed E-state index contributed by atoms with van der Waals surface area (Å²) in [5.74, 6) is 0.0821. The molecule has 1 fully saturated rings. The van der Waals surface area contributed by atoms with E-state index in [0.29, 0.717) is 23.7 Å². The smallest absolute Gasteiger partial charge is 0.184 e. The van der Waals surface area contributed by atoms with Crippen LogP contribution in [0.2, 0.25) is 0 Å². The number of nitrogens with one attached hydrogen (secondary N) is 1. The van der Waals surface area contributed by atoms with Crippen LogP contribution in [-0.4, -0.2) is 28.3 Å². The van der Waals surface area contributed by atoms with E-state index in [1.165, 1.54) is 0 Å². The fraction of sp³-hybridized carbons (Fsp3) is 0.357. The van der Waals surface area contributed by atoms with Gasteiger partial charge in [0.05, 0.1) is 5.52 Å². The first-order valence-corrected chi connectivity index (χ1v) is 6.31. The topological polar surface area (TPSA) is 54.9 Å². The van der Waals surface area contributed by atoms with Gasteiger partial charge < -0.3 is 5.32 Å². The van der Waals surface area contributed by atoms with Gasteiger partial charge in [-0.15, -0.1) is 0 Å². The summed E-state index contributed by atoms with van der Waals surface area (Å²) in [4.78, 5) is 20.8.